The van der Waals surface area contributed by atoms with Crippen LogP contribution in [-0.2, 0) is 0 Å². The summed E-state index contributed by atoms with van der Waals surface area (Å²) in [5.41, 5.74) is 6.33. The Balaban J connectivity index is 1.57. The zero-order chi connectivity index (χ0) is 23.9. The molecule has 0 unspecified atom stereocenters. The summed E-state index contributed by atoms with van der Waals surface area (Å²) in [5.74, 6) is 0. The minimum atomic E-state index is -1.31. The first-order chi connectivity index (χ1) is 17.1. The van der Waals surface area contributed by atoms with E-state index in [2.05, 4.69) is 6.92 Å². The molecule has 200 valence electrons. The van der Waals surface area contributed by atoms with Gasteiger partial charge in [0.25, 0.3) is 0 Å². The molecule has 6 rings (SSSR count). The molecule has 0 aromatic carbocycles. The average Bonchev–Trinajstić information content (AvgIpc) is 3.68. The maximum Gasteiger partial charge on any atom is 0.247 e. The molecular formula is C32H57ClP2+2. The summed E-state index contributed by atoms with van der Waals surface area (Å²) in [7, 11) is -2.61. The van der Waals surface area contributed by atoms with Gasteiger partial charge in [-0.15, -0.1) is 0 Å². The highest BCUT2D eigenvalue weighted by molar-refractivity contribution is 7.98. The molecule has 6 fully saturated rings. The van der Waals surface area contributed by atoms with Gasteiger partial charge in [-0.25, -0.2) is 0 Å². The molecule has 0 bridgehead atoms. The zero-order valence-corrected chi connectivity index (χ0v) is 25.8. The third-order valence-electron chi connectivity index (χ3n) is 13.0. The van der Waals surface area contributed by atoms with Crippen molar-refractivity contribution >= 4 is 26.1 Å². The molecule has 0 atom stereocenters. The SMILES string of the molecule is CC(Cl)([P+](C1CCCC1)(C1CCCC1)C1CCCC1)[P+](C1CCCC1)(C1CCCC1)C1CCCC1. The van der Waals surface area contributed by atoms with Gasteiger partial charge in [0, 0.05) is 6.92 Å². The van der Waals surface area contributed by atoms with Crippen molar-refractivity contribution in [2.45, 2.75) is 199 Å². The molecule has 6 aliphatic rings. The molecule has 0 N–H and O–H groups in total. The lowest BCUT2D eigenvalue weighted by Crippen LogP contribution is -2.49. The Morgan fingerprint density at radius 3 is 0.657 bits per heavy atom. The molecule has 0 radical (unpaired) electrons. The molecule has 0 nitrogen and oxygen atoms in total. The van der Waals surface area contributed by atoms with E-state index >= 15 is 0 Å². The monoisotopic (exact) mass is 538 g/mol. The van der Waals surface area contributed by atoms with Gasteiger partial charge in [0.15, 0.2) is 0 Å². The summed E-state index contributed by atoms with van der Waals surface area (Å²) in [5, 5.41) is 0. The lowest BCUT2D eigenvalue weighted by molar-refractivity contribution is 0.703. The quantitative estimate of drug-likeness (QED) is 0.213. The van der Waals surface area contributed by atoms with Crippen LogP contribution in [0.4, 0.5) is 0 Å². The van der Waals surface area contributed by atoms with E-state index in [0.717, 1.165) is 34.0 Å². The smallest absolute Gasteiger partial charge is 0.0494 e. The van der Waals surface area contributed by atoms with Crippen molar-refractivity contribution in [1.82, 2.24) is 0 Å². The van der Waals surface area contributed by atoms with Crippen molar-refractivity contribution < 1.29 is 0 Å². The lowest BCUT2D eigenvalue weighted by atomic mass is 10.3. The van der Waals surface area contributed by atoms with Crippen LogP contribution in [0, 0.1) is 0 Å². The summed E-state index contributed by atoms with van der Waals surface area (Å²) in [4.78, 5) is 0. The van der Waals surface area contributed by atoms with Crippen LogP contribution in [0.3, 0.4) is 0 Å². The van der Waals surface area contributed by atoms with Gasteiger partial charge in [-0.05, 0) is 166 Å². The Morgan fingerprint density at radius 2 is 0.514 bits per heavy atom. The van der Waals surface area contributed by atoms with Gasteiger partial charge >= 0.3 is 0 Å². The standard InChI is InChI=1S/C32H57ClP2/c1-32(33,34(26-14-2-3-15-26,27-16-4-5-17-27)28-18-6-7-19-28)35(29-20-8-9-21-29,30-22-10-11-23-30)31-24-12-13-25-31/h26-31H,2-25H2,1H3/q+2. The number of alkyl halides is 1. The van der Waals surface area contributed by atoms with Crippen LogP contribution >= 0.6 is 26.1 Å². The predicted molar refractivity (Wildman–Crippen MR) is 162 cm³/mol. The van der Waals surface area contributed by atoms with Crippen molar-refractivity contribution in [2.75, 3.05) is 0 Å². The van der Waals surface area contributed by atoms with Crippen molar-refractivity contribution in [3.63, 3.8) is 0 Å². The summed E-state index contributed by atoms with van der Waals surface area (Å²) in [6.07, 6.45) is 37.2. The topological polar surface area (TPSA) is 0 Å². The van der Waals surface area contributed by atoms with Gasteiger partial charge < -0.3 is 0 Å². The van der Waals surface area contributed by atoms with Crippen LogP contribution < -0.4 is 0 Å². The number of rotatable bonds is 8. The first-order valence-electron chi connectivity index (χ1n) is 16.6. The Bertz CT molecular complexity index is 543. The van der Waals surface area contributed by atoms with Gasteiger partial charge in [0.05, 0.1) is 48.5 Å². The van der Waals surface area contributed by atoms with Gasteiger partial charge in [0.2, 0.25) is 4.36 Å². The fraction of sp³-hybridized carbons (Fsp3) is 1.00. The molecule has 0 saturated heterocycles. The van der Waals surface area contributed by atoms with E-state index in [-0.39, 0.29) is 4.36 Å². The Labute approximate surface area is 224 Å². The lowest BCUT2D eigenvalue weighted by Gasteiger charge is -2.58. The van der Waals surface area contributed by atoms with E-state index in [1.165, 1.54) is 77.0 Å². The van der Waals surface area contributed by atoms with E-state index < -0.39 is 14.5 Å². The van der Waals surface area contributed by atoms with Crippen LogP contribution in [0.1, 0.15) is 161 Å². The fourth-order valence-corrected chi connectivity index (χ4v) is 34.8. The molecule has 6 saturated carbocycles. The highest BCUT2D eigenvalue weighted by atomic mass is 35.5. The van der Waals surface area contributed by atoms with Crippen molar-refractivity contribution in [2.24, 2.45) is 0 Å². The van der Waals surface area contributed by atoms with E-state index in [4.69, 9.17) is 11.6 Å². The molecule has 6 aliphatic carbocycles. The number of hydrogen-bond acceptors (Lipinski definition) is 0. The Hall–Kier alpha value is 1.15. The van der Waals surface area contributed by atoms with Crippen LogP contribution in [0.15, 0.2) is 0 Å². The van der Waals surface area contributed by atoms with E-state index in [0.29, 0.717) is 0 Å². The second kappa shape index (κ2) is 11.0. The van der Waals surface area contributed by atoms with Crippen LogP contribution in [0.25, 0.3) is 0 Å². The van der Waals surface area contributed by atoms with Crippen LogP contribution in [-0.4, -0.2) is 38.3 Å². The molecule has 0 aromatic heterocycles. The van der Waals surface area contributed by atoms with E-state index in [1.807, 2.05) is 0 Å². The Kier molecular flexibility index (Phi) is 8.26. The third kappa shape index (κ3) is 4.09. The summed E-state index contributed by atoms with van der Waals surface area (Å²) < 4.78 is 0.206. The minimum Gasteiger partial charge on any atom is -0.0494 e. The van der Waals surface area contributed by atoms with Gasteiger partial charge in [0.1, 0.15) is 0 Å². The molecule has 0 spiro atoms. The van der Waals surface area contributed by atoms with Gasteiger partial charge in [-0.2, -0.15) is 0 Å². The van der Waals surface area contributed by atoms with Crippen molar-refractivity contribution in [3.8, 4) is 0 Å². The van der Waals surface area contributed by atoms with Gasteiger partial charge in [-0.3, -0.25) is 0 Å². The largest absolute Gasteiger partial charge is 0.247 e. The zero-order valence-electron chi connectivity index (χ0n) is 23.2. The van der Waals surface area contributed by atoms with Gasteiger partial charge in [-0.1, -0.05) is 0 Å². The maximum atomic E-state index is 8.96. The minimum absolute atomic E-state index is 0.206. The molecule has 3 heteroatoms. The van der Waals surface area contributed by atoms with E-state index in [1.54, 1.807) is 77.0 Å². The molecule has 35 heavy (non-hydrogen) atoms. The molecule has 0 amide bonds. The molecular weight excluding hydrogens is 482 g/mol. The van der Waals surface area contributed by atoms with Crippen molar-refractivity contribution in [1.29, 1.82) is 0 Å². The Morgan fingerprint density at radius 1 is 0.371 bits per heavy atom. The number of halogens is 1. The highest BCUT2D eigenvalue weighted by Gasteiger charge is 2.82. The van der Waals surface area contributed by atoms with Crippen LogP contribution in [0.5, 0.6) is 0 Å². The fourth-order valence-electron chi connectivity index (χ4n) is 12.1. The molecule has 0 aromatic rings. The van der Waals surface area contributed by atoms with Crippen LogP contribution in [0.2, 0.25) is 0 Å². The van der Waals surface area contributed by atoms with Crippen molar-refractivity contribution in [3.05, 3.63) is 0 Å². The molecule has 0 heterocycles. The average molecular weight is 539 g/mol. The summed E-state index contributed by atoms with van der Waals surface area (Å²) >= 11 is 8.96. The third-order valence-corrected chi connectivity index (χ3v) is 30.0. The predicted octanol–water partition coefficient (Wildman–Crippen LogP) is 11.6. The summed E-state index contributed by atoms with van der Waals surface area (Å²) in [6, 6.07) is 0. The first-order valence-corrected chi connectivity index (χ1v) is 21.0. The molecule has 0 aliphatic heterocycles. The van der Waals surface area contributed by atoms with E-state index in [9.17, 15) is 0 Å². The highest BCUT2D eigenvalue weighted by Crippen LogP contribution is 3.00. The number of hydrogen-bond donors (Lipinski definition) is 0. The summed E-state index contributed by atoms with van der Waals surface area (Å²) in [6.45, 7) is 2.88. The maximum absolute atomic E-state index is 8.96. The normalized spacial score (nSPS) is 30.0. The second-order valence-corrected chi connectivity index (χ2v) is 25.3. The second-order valence-electron chi connectivity index (χ2n) is 14.2. The first kappa shape index (κ1) is 26.4.